The lowest BCUT2D eigenvalue weighted by Crippen LogP contribution is -2.27. The smallest absolute Gasteiger partial charge is 0.168 e. The van der Waals surface area contributed by atoms with E-state index in [-0.39, 0.29) is 29.3 Å². The fourth-order valence-corrected chi connectivity index (χ4v) is 4.01. The Bertz CT molecular complexity index is 539. The predicted octanol–water partition coefficient (Wildman–Crippen LogP) is 3.68. The number of hydrogen-bond donors (Lipinski definition) is 1. The zero-order chi connectivity index (χ0) is 18.1. The van der Waals surface area contributed by atoms with Crippen LogP contribution in [0.1, 0.15) is 52.9 Å². The lowest BCUT2D eigenvalue weighted by molar-refractivity contribution is -0.116. The molecule has 1 aliphatic rings. The molecule has 0 bridgehead atoms. The minimum atomic E-state index is -0.884. The van der Waals surface area contributed by atoms with Crippen molar-refractivity contribution in [2.45, 2.75) is 58.1 Å². The number of carbonyl (C=O) groups excluding carboxylic acids is 1. The van der Waals surface area contributed by atoms with Crippen molar-refractivity contribution in [2.75, 3.05) is 12.4 Å². The normalized spacial score (nSPS) is 21.5. The van der Waals surface area contributed by atoms with Crippen LogP contribution in [0.25, 0.3) is 0 Å². The molecule has 0 aliphatic heterocycles. The fraction of sp³-hybridized carbons (Fsp3) is 0.667. The van der Waals surface area contributed by atoms with Crippen molar-refractivity contribution in [2.24, 2.45) is 11.1 Å². The second-order valence-electron chi connectivity index (χ2n) is 6.11. The number of ketones is 1. The number of rotatable bonds is 10. The summed E-state index contributed by atoms with van der Waals surface area (Å²) in [5.74, 6) is 0.625. The molecule has 0 heterocycles. The highest BCUT2D eigenvalue weighted by Crippen LogP contribution is 2.31. The van der Waals surface area contributed by atoms with Crippen LogP contribution < -0.4 is 0 Å². The van der Waals surface area contributed by atoms with Gasteiger partial charge in [-0.05, 0) is 18.8 Å². The summed E-state index contributed by atoms with van der Waals surface area (Å²) in [6.45, 7) is 9.64. The van der Waals surface area contributed by atoms with Crippen molar-refractivity contribution in [3.8, 4) is 0 Å². The minimum absolute atomic E-state index is 0.0295. The average molecular weight is 356 g/mol. The molecule has 136 valence electrons. The number of hydrogen-bond acceptors (Lipinski definition) is 5. The van der Waals surface area contributed by atoms with Crippen molar-refractivity contribution in [3.63, 3.8) is 0 Å². The first-order valence-electron chi connectivity index (χ1n) is 8.57. The molecular weight excluding hydrogens is 326 g/mol. The number of aliphatic hydroxyl groups excluding tert-OH is 1. The Morgan fingerprint density at radius 2 is 2.21 bits per heavy atom. The molecule has 0 spiro atoms. The van der Waals surface area contributed by atoms with E-state index in [1.807, 2.05) is 20.8 Å². The lowest BCUT2D eigenvalue weighted by atomic mass is 9.82. The third kappa shape index (κ3) is 5.89. The standard InChI is InChI=1S/C18H29NO4S/c1-5-8-15(19-23-9-6-2)18-16(20)11-14(12-17(18)21)10-13(4)24(22)7-3/h6,13-14,20H,2,5,7-12H2,1,3-4H3. The van der Waals surface area contributed by atoms with Crippen molar-refractivity contribution < 1.29 is 18.9 Å². The van der Waals surface area contributed by atoms with Gasteiger partial charge in [0.05, 0.1) is 11.3 Å². The van der Waals surface area contributed by atoms with Gasteiger partial charge in [0, 0.05) is 34.6 Å². The Kier molecular flexibility index (Phi) is 8.97. The molecule has 3 unspecified atom stereocenters. The summed E-state index contributed by atoms with van der Waals surface area (Å²) in [6, 6.07) is 0. The van der Waals surface area contributed by atoms with Gasteiger partial charge in [-0.1, -0.05) is 45.0 Å². The van der Waals surface area contributed by atoms with Crippen LogP contribution in [0.5, 0.6) is 0 Å². The van der Waals surface area contributed by atoms with Crippen molar-refractivity contribution in [1.29, 1.82) is 0 Å². The van der Waals surface area contributed by atoms with Crippen LogP contribution >= 0.6 is 0 Å². The predicted molar refractivity (Wildman–Crippen MR) is 98.6 cm³/mol. The van der Waals surface area contributed by atoms with Crippen molar-refractivity contribution in [3.05, 3.63) is 24.0 Å². The number of aliphatic hydroxyl groups is 1. The van der Waals surface area contributed by atoms with Crippen LogP contribution in [0.3, 0.4) is 0 Å². The highest BCUT2D eigenvalue weighted by molar-refractivity contribution is 7.85. The number of nitrogens with zero attached hydrogens (tertiary/aromatic N) is 1. The first kappa shape index (κ1) is 20.6. The molecular formula is C18H29NO4S. The van der Waals surface area contributed by atoms with Crippen LogP contribution in [0.15, 0.2) is 29.1 Å². The van der Waals surface area contributed by atoms with E-state index in [4.69, 9.17) is 4.84 Å². The molecule has 0 amide bonds. The molecule has 24 heavy (non-hydrogen) atoms. The summed E-state index contributed by atoms with van der Waals surface area (Å²) in [5, 5.41) is 14.4. The number of Topliss-reactive ketones (excluding diaryl/α,β-unsaturated/α-hetero) is 1. The third-order valence-corrected chi connectivity index (χ3v) is 5.72. The van der Waals surface area contributed by atoms with Gasteiger partial charge >= 0.3 is 0 Å². The zero-order valence-corrected chi connectivity index (χ0v) is 15.7. The third-order valence-electron chi connectivity index (χ3n) is 4.06. The number of allylic oxidation sites excluding steroid dienone is 2. The maximum atomic E-state index is 12.5. The van der Waals surface area contributed by atoms with Crippen molar-refractivity contribution in [1.82, 2.24) is 0 Å². The van der Waals surface area contributed by atoms with E-state index >= 15 is 0 Å². The van der Waals surface area contributed by atoms with Crippen LogP contribution in [-0.2, 0) is 20.4 Å². The zero-order valence-electron chi connectivity index (χ0n) is 14.9. The van der Waals surface area contributed by atoms with Gasteiger partial charge in [-0.15, -0.1) is 0 Å². The first-order chi connectivity index (χ1) is 11.4. The quantitative estimate of drug-likeness (QED) is 0.281. The van der Waals surface area contributed by atoms with Gasteiger partial charge in [0.25, 0.3) is 0 Å². The van der Waals surface area contributed by atoms with E-state index in [1.165, 1.54) is 0 Å². The first-order valence-corrected chi connectivity index (χ1v) is 9.95. The van der Waals surface area contributed by atoms with Crippen LogP contribution in [0.4, 0.5) is 0 Å². The minimum Gasteiger partial charge on any atom is -0.511 e. The van der Waals surface area contributed by atoms with E-state index in [9.17, 15) is 14.1 Å². The SMILES string of the molecule is C=CCON=C(CCC)C1=C(O)CC(CC(C)S(=O)CC)CC1=O. The van der Waals surface area contributed by atoms with Gasteiger partial charge in [0.1, 0.15) is 12.4 Å². The van der Waals surface area contributed by atoms with E-state index in [0.29, 0.717) is 42.7 Å². The molecule has 0 aromatic carbocycles. The molecule has 5 nitrogen and oxygen atoms in total. The van der Waals surface area contributed by atoms with Crippen molar-refractivity contribution >= 4 is 22.3 Å². The summed E-state index contributed by atoms with van der Waals surface area (Å²) in [4.78, 5) is 17.7. The Balaban J connectivity index is 2.90. The Hall–Kier alpha value is -1.43. The summed E-state index contributed by atoms with van der Waals surface area (Å²) >= 11 is 0. The summed E-state index contributed by atoms with van der Waals surface area (Å²) < 4.78 is 11.9. The van der Waals surface area contributed by atoms with E-state index in [1.54, 1.807) is 6.08 Å². The van der Waals surface area contributed by atoms with Gasteiger partial charge in [-0.25, -0.2) is 0 Å². The number of oxime groups is 1. The van der Waals surface area contributed by atoms with Gasteiger partial charge in [-0.2, -0.15) is 0 Å². The lowest BCUT2D eigenvalue weighted by Gasteiger charge is -2.25. The summed E-state index contributed by atoms with van der Waals surface area (Å²) in [7, 11) is -0.884. The molecule has 1 aliphatic carbocycles. The van der Waals surface area contributed by atoms with Gasteiger partial charge < -0.3 is 9.94 Å². The molecule has 0 radical (unpaired) electrons. The Morgan fingerprint density at radius 1 is 1.50 bits per heavy atom. The molecule has 1 N–H and O–H groups in total. The maximum absolute atomic E-state index is 12.5. The Morgan fingerprint density at radius 3 is 2.75 bits per heavy atom. The van der Waals surface area contributed by atoms with Gasteiger partial charge in [0.2, 0.25) is 0 Å². The molecule has 1 rings (SSSR count). The maximum Gasteiger partial charge on any atom is 0.168 e. The van der Waals surface area contributed by atoms with Crippen LogP contribution in [-0.4, -0.2) is 38.4 Å². The molecule has 0 saturated heterocycles. The second kappa shape index (κ2) is 10.4. The molecule has 3 atom stereocenters. The Labute approximate surface area is 147 Å². The molecule has 0 aromatic rings. The molecule has 0 fully saturated rings. The van der Waals surface area contributed by atoms with E-state index < -0.39 is 10.8 Å². The van der Waals surface area contributed by atoms with E-state index in [0.717, 1.165) is 6.42 Å². The van der Waals surface area contributed by atoms with Gasteiger partial charge in [-0.3, -0.25) is 9.00 Å². The number of carbonyl (C=O) groups is 1. The van der Waals surface area contributed by atoms with Gasteiger partial charge in [0.15, 0.2) is 5.78 Å². The molecule has 6 heteroatoms. The largest absolute Gasteiger partial charge is 0.511 e. The second-order valence-corrected chi connectivity index (χ2v) is 8.25. The summed E-state index contributed by atoms with van der Waals surface area (Å²) in [5.41, 5.74) is 0.812. The topological polar surface area (TPSA) is 76.0 Å². The monoisotopic (exact) mass is 355 g/mol. The highest BCUT2D eigenvalue weighted by Gasteiger charge is 2.32. The molecule has 0 saturated carbocycles. The van der Waals surface area contributed by atoms with E-state index in [2.05, 4.69) is 11.7 Å². The van der Waals surface area contributed by atoms with Crippen LogP contribution in [0, 0.1) is 5.92 Å². The fourth-order valence-electron chi connectivity index (χ4n) is 2.95. The van der Waals surface area contributed by atoms with Crippen LogP contribution in [0.2, 0.25) is 0 Å². The summed E-state index contributed by atoms with van der Waals surface area (Å²) in [6.07, 6.45) is 4.41. The average Bonchev–Trinajstić information content (AvgIpc) is 2.53. The molecule has 0 aromatic heterocycles. The highest BCUT2D eigenvalue weighted by atomic mass is 32.2.